The number of aromatic nitrogens is 3. The van der Waals surface area contributed by atoms with E-state index >= 15 is 0 Å². The van der Waals surface area contributed by atoms with Crippen LogP contribution >= 0.6 is 11.3 Å². The molecule has 0 radical (unpaired) electrons. The normalized spacial score (nSPS) is 14.6. The second kappa shape index (κ2) is 10.7. The van der Waals surface area contributed by atoms with Gasteiger partial charge in [-0.15, -0.1) is 11.3 Å². The summed E-state index contributed by atoms with van der Waals surface area (Å²) in [6, 6.07) is 4.34. The van der Waals surface area contributed by atoms with Gasteiger partial charge in [-0.05, 0) is 39.8 Å². The molecule has 11 heteroatoms. The van der Waals surface area contributed by atoms with E-state index in [4.69, 9.17) is 14.5 Å². The highest BCUT2D eigenvalue weighted by Gasteiger charge is 2.22. The van der Waals surface area contributed by atoms with E-state index in [-0.39, 0.29) is 12.2 Å². The van der Waals surface area contributed by atoms with E-state index in [1.54, 1.807) is 12.6 Å². The lowest BCUT2D eigenvalue weighted by atomic mass is 10.2. The Kier molecular flexibility index (Phi) is 7.68. The molecule has 3 heterocycles. The molecule has 0 saturated carbocycles. The maximum absolute atomic E-state index is 12.6. The minimum absolute atomic E-state index is 0.108. The number of nitrogens with one attached hydrogen (secondary N) is 1. The third kappa shape index (κ3) is 5.31. The van der Waals surface area contributed by atoms with Gasteiger partial charge in [0.1, 0.15) is 28.9 Å². The Labute approximate surface area is 208 Å². The van der Waals surface area contributed by atoms with Crippen LogP contribution in [0.25, 0.3) is 10.9 Å². The summed E-state index contributed by atoms with van der Waals surface area (Å²) >= 11 is 1.24. The topological polar surface area (TPSA) is 114 Å². The van der Waals surface area contributed by atoms with Gasteiger partial charge in [-0.25, -0.2) is 4.98 Å². The molecular formula is C24H32N6O4S. The first-order valence-corrected chi connectivity index (χ1v) is 12.6. The number of carbonyl (C=O) groups is 1. The largest absolute Gasteiger partial charge is 0.491 e. The number of aliphatic hydroxyl groups excluding tert-OH is 1. The molecule has 0 aliphatic carbocycles. The van der Waals surface area contributed by atoms with E-state index < -0.39 is 12.0 Å². The van der Waals surface area contributed by atoms with Crippen LogP contribution in [0, 0.1) is 0 Å². The summed E-state index contributed by atoms with van der Waals surface area (Å²) in [5.41, 5.74) is 2.41. The highest BCUT2D eigenvalue weighted by molar-refractivity contribution is 7.11. The fourth-order valence-electron chi connectivity index (χ4n) is 4.31. The fourth-order valence-corrected chi connectivity index (χ4v) is 4.82. The molecule has 0 spiro atoms. The van der Waals surface area contributed by atoms with Gasteiger partial charge in [-0.2, -0.15) is 4.99 Å². The summed E-state index contributed by atoms with van der Waals surface area (Å²) in [6.45, 7) is 10.4. The summed E-state index contributed by atoms with van der Waals surface area (Å²) in [4.78, 5) is 28.2. The molecule has 1 aliphatic rings. The minimum Gasteiger partial charge on any atom is -0.491 e. The number of hydrogen-bond acceptors (Lipinski definition) is 9. The van der Waals surface area contributed by atoms with Crippen molar-refractivity contribution >= 4 is 34.0 Å². The lowest BCUT2D eigenvalue weighted by molar-refractivity contribution is 0.0439. The predicted octanol–water partition coefficient (Wildman–Crippen LogP) is 2.53. The number of aliphatic hydroxyl groups is 1. The number of amides is 1. The smallest absolute Gasteiger partial charge is 0.291 e. The molecule has 4 rings (SSSR count). The number of methoxy groups -OCH3 is 1. The van der Waals surface area contributed by atoms with Crippen molar-refractivity contribution in [3.8, 4) is 11.5 Å². The first-order chi connectivity index (χ1) is 16.8. The second-order valence-corrected chi connectivity index (χ2v) is 9.85. The number of ether oxygens (including phenoxy) is 2. The van der Waals surface area contributed by atoms with E-state index in [0.717, 1.165) is 11.2 Å². The van der Waals surface area contributed by atoms with E-state index in [9.17, 15) is 9.90 Å². The zero-order valence-corrected chi connectivity index (χ0v) is 21.5. The van der Waals surface area contributed by atoms with Gasteiger partial charge in [0, 0.05) is 37.1 Å². The van der Waals surface area contributed by atoms with Crippen LogP contribution in [0.3, 0.4) is 0 Å². The molecular weight excluding hydrogens is 468 g/mol. The van der Waals surface area contributed by atoms with E-state index in [0.29, 0.717) is 53.6 Å². The maximum atomic E-state index is 12.6. The van der Waals surface area contributed by atoms with Crippen LogP contribution in [0.4, 0.5) is 5.82 Å². The molecule has 10 nitrogen and oxygen atoms in total. The zero-order valence-electron chi connectivity index (χ0n) is 20.7. The summed E-state index contributed by atoms with van der Waals surface area (Å²) in [5, 5.41) is 14.8. The van der Waals surface area contributed by atoms with Crippen molar-refractivity contribution in [3.05, 3.63) is 34.3 Å². The maximum Gasteiger partial charge on any atom is 0.291 e. The number of hydrogen-bond donors (Lipinski definition) is 2. The van der Waals surface area contributed by atoms with Crippen molar-refractivity contribution < 1.29 is 19.4 Å². The van der Waals surface area contributed by atoms with Crippen molar-refractivity contribution in [2.24, 2.45) is 4.99 Å². The van der Waals surface area contributed by atoms with Crippen molar-refractivity contribution in [2.75, 3.05) is 32.1 Å². The fraction of sp³-hybridized carbons (Fsp3) is 0.500. The molecule has 0 bridgehead atoms. The Morgan fingerprint density at radius 2 is 2.09 bits per heavy atom. The molecule has 1 aromatic carbocycles. The average Bonchev–Trinajstić information content (AvgIpc) is 3.53. The van der Waals surface area contributed by atoms with Gasteiger partial charge in [-0.3, -0.25) is 19.2 Å². The highest BCUT2D eigenvalue weighted by atomic mass is 32.1. The Morgan fingerprint density at radius 3 is 2.74 bits per heavy atom. The van der Waals surface area contributed by atoms with Gasteiger partial charge in [0.05, 0.1) is 18.8 Å². The second-order valence-electron chi connectivity index (χ2n) is 8.96. The van der Waals surface area contributed by atoms with E-state index in [1.807, 2.05) is 16.7 Å². The van der Waals surface area contributed by atoms with Gasteiger partial charge in [0.25, 0.3) is 5.91 Å². The molecule has 3 aromatic rings. The Balaban J connectivity index is 1.67. The van der Waals surface area contributed by atoms with Gasteiger partial charge in [0.15, 0.2) is 11.5 Å². The molecule has 1 unspecified atom stereocenters. The standard InChI is InChI=1S/C24H32N6O4S/c1-14(2)30(15(3)4)11-16(31)12-34-18-7-6-17-20(21(18)33-5)27-24(29-9-8-26-22(17)29)28-23(32)19-10-25-13-35-19/h6-7,10,13-16,26,31H,8-9,11-12H2,1-5H3. The first kappa shape index (κ1) is 25.1. The molecule has 2 aromatic heterocycles. The van der Waals surface area contributed by atoms with E-state index in [1.165, 1.54) is 17.5 Å². The molecule has 188 valence electrons. The van der Waals surface area contributed by atoms with Crippen LogP contribution in [0.1, 0.15) is 37.4 Å². The number of benzene rings is 1. The molecule has 0 fully saturated rings. The van der Waals surface area contributed by atoms with Crippen molar-refractivity contribution in [1.29, 1.82) is 0 Å². The summed E-state index contributed by atoms with van der Waals surface area (Å²) in [6.07, 6.45) is 0.825. The molecule has 35 heavy (non-hydrogen) atoms. The quantitative estimate of drug-likeness (QED) is 0.461. The molecule has 0 saturated heterocycles. The lowest BCUT2D eigenvalue weighted by Gasteiger charge is -2.32. The van der Waals surface area contributed by atoms with Gasteiger partial charge in [-0.1, -0.05) is 0 Å². The Morgan fingerprint density at radius 1 is 1.31 bits per heavy atom. The molecule has 2 N–H and O–H groups in total. The van der Waals surface area contributed by atoms with Crippen LogP contribution in [0.15, 0.2) is 28.8 Å². The Bertz CT molecular complexity index is 1250. The first-order valence-electron chi connectivity index (χ1n) is 11.7. The minimum atomic E-state index is -0.673. The van der Waals surface area contributed by atoms with Crippen LogP contribution in [-0.4, -0.2) is 75.4 Å². The molecule has 1 atom stereocenters. The summed E-state index contributed by atoms with van der Waals surface area (Å²) < 4.78 is 13.6. The van der Waals surface area contributed by atoms with Gasteiger partial charge < -0.3 is 19.9 Å². The van der Waals surface area contributed by atoms with Crippen LogP contribution < -0.4 is 20.4 Å². The van der Waals surface area contributed by atoms with Crippen LogP contribution in [-0.2, 0) is 6.54 Å². The number of anilines is 1. The van der Waals surface area contributed by atoms with E-state index in [2.05, 4.69) is 47.9 Å². The van der Waals surface area contributed by atoms with Gasteiger partial charge >= 0.3 is 0 Å². The number of fused-ring (bicyclic) bond motifs is 3. The number of nitrogens with zero attached hydrogens (tertiary/aromatic N) is 5. The van der Waals surface area contributed by atoms with Crippen molar-refractivity contribution in [3.63, 3.8) is 0 Å². The monoisotopic (exact) mass is 500 g/mol. The average molecular weight is 501 g/mol. The Hall–Kier alpha value is -3.02. The third-order valence-corrected chi connectivity index (χ3v) is 6.69. The number of thiazole rings is 1. The van der Waals surface area contributed by atoms with Crippen LogP contribution in [0.2, 0.25) is 0 Å². The third-order valence-electron chi connectivity index (χ3n) is 5.93. The van der Waals surface area contributed by atoms with Gasteiger partial charge in [0.2, 0.25) is 5.62 Å². The number of carbonyl (C=O) groups excluding carboxylic acids is 1. The van der Waals surface area contributed by atoms with Crippen molar-refractivity contribution in [2.45, 2.75) is 52.4 Å². The molecule has 1 amide bonds. The lowest BCUT2D eigenvalue weighted by Crippen LogP contribution is -2.43. The summed E-state index contributed by atoms with van der Waals surface area (Å²) in [5.74, 6) is 1.32. The predicted molar refractivity (Wildman–Crippen MR) is 135 cm³/mol. The number of rotatable bonds is 9. The van der Waals surface area contributed by atoms with Crippen LogP contribution in [0.5, 0.6) is 11.5 Å². The summed E-state index contributed by atoms with van der Waals surface area (Å²) in [7, 11) is 1.55. The molecule has 1 aliphatic heterocycles. The zero-order chi connectivity index (χ0) is 25.1. The van der Waals surface area contributed by atoms with Crippen molar-refractivity contribution in [1.82, 2.24) is 19.4 Å². The highest BCUT2D eigenvalue weighted by Crippen LogP contribution is 2.37. The SMILES string of the molecule is COc1c(OCC(O)CN(C(C)C)C(C)C)ccc2c3n(c(=NC(=O)c4cncs4)nc12)CCN3.